The zero-order valence-corrected chi connectivity index (χ0v) is 31.0. The lowest BCUT2D eigenvalue weighted by Crippen LogP contribution is -2.35. The summed E-state index contributed by atoms with van der Waals surface area (Å²) in [6, 6.07) is 24.0. The lowest BCUT2D eigenvalue weighted by molar-refractivity contribution is 0.577. The lowest BCUT2D eigenvalue weighted by Gasteiger charge is -2.36. The monoisotopic (exact) mass is 700 g/mol. The van der Waals surface area contributed by atoms with Gasteiger partial charge in [-0.25, -0.2) is 0 Å². The van der Waals surface area contributed by atoms with E-state index in [2.05, 4.69) is 155 Å². The minimum Gasteiger partial charge on any atom is -0.338 e. The van der Waals surface area contributed by atoms with Crippen molar-refractivity contribution in [1.82, 2.24) is 9.47 Å². The molecule has 0 radical (unpaired) electrons. The molecule has 4 aromatic rings. The van der Waals surface area contributed by atoms with Gasteiger partial charge >= 0.3 is 0 Å². The van der Waals surface area contributed by atoms with Crippen molar-refractivity contribution in [2.45, 2.75) is 87.0 Å². The molecule has 0 saturated carbocycles. The number of thiol groups is 1. The third-order valence-electron chi connectivity index (χ3n) is 11.8. The molecule has 0 spiro atoms. The second-order valence-electron chi connectivity index (χ2n) is 14.9. The van der Waals surface area contributed by atoms with Gasteiger partial charge in [-0.3, -0.25) is 9.89 Å². The molecule has 3 aromatic carbocycles. The highest BCUT2D eigenvalue weighted by atomic mass is 32.1. The Hall–Kier alpha value is -4.58. The van der Waals surface area contributed by atoms with Crippen molar-refractivity contribution in [3.8, 4) is 11.1 Å². The van der Waals surface area contributed by atoms with Gasteiger partial charge < -0.3 is 9.47 Å². The molecular weight excluding hydrogens is 653 g/mol. The first kappa shape index (κ1) is 33.3. The standard InChI is InChI=1S/C47H48N4S/c1-49-45(46(49)35-17-13-22-38(29-35)51(36-18-7-3-8-19-36)37-20-9-4-10-21-37)31-48-32-50-43-26-12-11-23-41(43)42-30-34(27-28-44(42)50)40-25-14-24-39(47(40)52)33-15-5-2-6-16-33/h2-3,5-7,9,12-15,17,20-22,24-31,33,36,45-46,52H,4,8,10-11,16,18-19,23,32H2,1H3. The van der Waals surface area contributed by atoms with Crippen molar-refractivity contribution in [3.63, 3.8) is 0 Å². The Balaban J connectivity index is 0.963. The fourth-order valence-corrected chi connectivity index (χ4v) is 9.43. The number of anilines is 1. The molecule has 9 rings (SSSR count). The topological polar surface area (TPSA) is 23.5 Å². The van der Waals surface area contributed by atoms with Crippen LogP contribution in [0.25, 0.3) is 28.1 Å². The van der Waals surface area contributed by atoms with E-state index in [0.29, 0.717) is 30.7 Å². The van der Waals surface area contributed by atoms with E-state index in [1.807, 2.05) is 0 Å². The normalized spacial score (nSPS) is 24.8. The third kappa shape index (κ3) is 6.28. The highest BCUT2D eigenvalue weighted by Gasteiger charge is 2.44. The first-order chi connectivity index (χ1) is 25.7. The Morgan fingerprint density at radius 2 is 1.81 bits per heavy atom. The summed E-state index contributed by atoms with van der Waals surface area (Å²) in [5.41, 5.74) is 11.7. The first-order valence-corrected chi connectivity index (χ1v) is 19.7. The minimum atomic E-state index is 0.297. The smallest absolute Gasteiger partial charge is 0.114 e. The maximum Gasteiger partial charge on any atom is 0.114 e. The Bertz CT molecular complexity index is 2210. The number of aromatic nitrogens is 1. The van der Waals surface area contributed by atoms with Gasteiger partial charge in [0.15, 0.2) is 0 Å². The SMILES string of the molecule is CN1C(C=NCn2c3c(c4cc(-c5cccc(C6C=CC=CC6)c5S)ccc42)CCC=C3)C1c1cccc(N(C2=CCCC=C2)C2CC=CCC2)c1. The fourth-order valence-electron chi connectivity index (χ4n) is 8.98. The minimum absolute atomic E-state index is 0.297. The number of rotatable bonds is 9. The average Bonchev–Trinajstić information content (AvgIpc) is 3.74. The van der Waals surface area contributed by atoms with Crippen molar-refractivity contribution >= 4 is 41.5 Å². The summed E-state index contributed by atoms with van der Waals surface area (Å²) in [5, 5.41) is 1.34. The molecule has 1 fully saturated rings. The van der Waals surface area contributed by atoms with Crippen LogP contribution in [0.5, 0.6) is 0 Å². The van der Waals surface area contributed by atoms with Crippen LogP contribution in [0.3, 0.4) is 0 Å². The van der Waals surface area contributed by atoms with Crippen LogP contribution < -0.4 is 4.90 Å². The van der Waals surface area contributed by atoms with E-state index < -0.39 is 0 Å². The van der Waals surface area contributed by atoms with E-state index in [1.165, 1.54) is 62.2 Å². The molecule has 52 heavy (non-hydrogen) atoms. The molecule has 1 saturated heterocycles. The molecule has 5 atom stereocenters. The van der Waals surface area contributed by atoms with Crippen molar-refractivity contribution in [3.05, 3.63) is 150 Å². The van der Waals surface area contributed by atoms with Gasteiger partial charge in [0.05, 0.1) is 17.6 Å². The molecule has 262 valence electrons. The van der Waals surface area contributed by atoms with Gasteiger partial charge in [-0.15, -0.1) is 12.6 Å². The molecule has 0 bridgehead atoms. The molecule has 5 heteroatoms. The van der Waals surface area contributed by atoms with Crippen LogP contribution in [0.15, 0.2) is 137 Å². The van der Waals surface area contributed by atoms with E-state index >= 15 is 0 Å². The quantitative estimate of drug-likeness (QED) is 0.0813. The third-order valence-corrected chi connectivity index (χ3v) is 12.3. The van der Waals surface area contributed by atoms with Gasteiger partial charge in [-0.1, -0.05) is 91.1 Å². The Labute approximate surface area is 314 Å². The van der Waals surface area contributed by atoms with Crippen LogP contribution >= 0.6 is 12.6 Å². The molecule has 4 aliphatic carbocycles. The molecular formula is C47H48N4S. The zero-order valence-electron chi connectivity index (χ0n) is 30.1. The number of hydrogen-bond acceptors (Lipinski definition) is 4. The number of benzene rings is 3. The second-order valence-corrected chi connectivity index (χ2v) is 15.4. The predicted molar refractivity (Wildman–Crippen MR) is 223 cm³/mol. The van der Waals surface area contributed by atoms with Crippen LogP contribution in [0.2, 0.25) is 0 Å². The zero-order chi connectivity index (χ0) is 35.0. The van der Waals surface area contributed by atoms with E-state index in [-0.39, 0.29) is 0 Å². The van der Waals surface area contributed by atoms with Crippen molar-refractivity contribution in [1.29, 1.82) is 0 Å². The number of aryl methyl sites for hydroxylation is 1. The van der Waals surface area contributed by atoms with Crippen molar-refractivity contribution in [2.75, 3.05) is 11.9 Å². The number of nitrogens with zero attached hydrogens (tertiary/aromatic N) is 4. The van der Waals surface area contributed by atoms with E-state index in [9.17, 15) is 0 Å². The van der Waals surface area contributed by atoms with Crippen LogP contribution in [0.4, 0.5) is 5.69 Å². The van der Waals surface area contributed by atoms with Gasteiger partial charge in [-0.05, 0) is 123 Å². The van der Waals surface area contributed by atoms with Gasteiger partial charge in [0.1, 0.15) is 6.67 Å². The Morgan fingerprint density at radius 1 is 0.885 bits per heavy atom. The molecule has 2 heterocycles. The Morgan fingerprint density at radius 3 is 2.65 bits per heavy atom. The Kier molecular flexibility index (Phi) is 9.24. The van der Waals surface area contributed by atoms with Crippen LogP contribution in [-0.4, -0.2) is 34.8 Å². The van der Waals surface area contributed by atoms with Crippen LogP contribution in [0.1, 0.15) is 79.3 Å². The lowest BCUT2D eigenvalue weighted by atomic mass is 9.90. The summed E-state index contributed by atoms with van der Waals surface area (Å²) in [6.45, 7) is 0.616. The van der Waals surface area contributed by atoms with Gasteiger partial charge in [-0.2, -0.15) is 0 Å². The number of fused-ring (bicyclic) bond motifs is 3. The number of hydrogen-bond donors (Lipinski definition) is 1. The second kappa shape index (κ2) is 14.4. The van der Waals surface area contributed by atoms with Crippen LogP contribution in [-0.2, 0) is 13.1 Å². The summed E-state index contributed by atoms with van der Waals surface area (Å²) in [7, 11) is 2.23. The largest absolute Gasteiger partial charge is 0.338 e. The predicted octanol–water partition coefficient (Wildman–Crippen LogP) is 11.4. The van der Waals surface area contributed by atoms with Crippen molar-refractivity contribution in [2.24, 2.45) is 4.99 Å². The van der Waals surface area contributed by atoms with Gasteiger partial charge in [0.2, 0.25) is 0 Å². The fraction of sp³-hybridized carbons (Fsp3) is 0.298. The van der Waals surface area contributed by atoms with Crippen LogP contribution in [0, 0.1) is 0 Å². The van der Waals surface area contributed by atoms with E-state index in [1.54, 1.807) is 0 Å². The molecule has 5 aliphatic rings. The summed E-state index contributed by atoms with van der Waals surface area (Å²) in [6.07, 6.45) is 36.3. The molecule has 1 aromatic heterocycles. The van der Waals surface area contributed by atoms with Gasteiger partial charge in [0, 0.05) is 45.5 Å². The molecule has 1 aliphatic heterocycles. The maximum absolute atomic E-state index is 5.12. The molecule has 4 nitrogen and oxygen atoms in total. The average molecular weight is 701 g/mol. The first-order valence-electron chi connectivity index (χ1n) is 19.3. The maximum atomic E-state index is 5.12. The van der Waals surface area contributed by atoms with E-state index in [4.69, 9.17) is 17.6 Å². The summed E-state index contributed by atoms with van der Waals surface area (Å²) in [4.78, 5) is 11.3. The summed E-state index contributed by atoms with van der Waals surface area (Å²) in [5.74, 6) is 0.373. The highest BCUT2D eigenvalue weighted by Crippen LogP contribution is 2.43. The molecule has 0 N–H and O–H groups in total. The van der Waals surface area contributed by atoms with Gasteiger partial charge in [0.25, 0.3) is 0 Å². The summed E-state index contributed by atoms with van der Waals surface area (Å²) < 4.78 is 2.41. The van der Waals surface area contributed by atoms with E-state index in [0.717, 1.165) is 49.8 Å². The number of likely N-dealkylation sites (N-methyl/N-ethyl adjacent to an activating group) is 1. The molecule has 0 amide bonds. The highest BCUT2D eigenvalue weighted by molar-refractivity contribution is 7.80. The summed E-state index contributed by atoms with van der Waals surface area (Å²) >= 11 is 5.10. The number of allylic oxidation sites excluding steroid dienone is 9. The molecule has 5 unspecified atom stereocenters. The number of aliphatic imine (C=N–C) groups is 1. The van der Waals surface area contributed by atoms with Crippen molar-refractivity contribution < 1.29 is 0 Å².